The van der Waals surface area contributed by atoms with Gasteiger partial charge in [-0.05, 0) is 26.0 Å². The Labute approximate surface area is 169 Å². The number of aryl methyl sites for hydroxylation is 3. The minimum Gasteiger partial charge on any atom is -0.262 e. The third-order valence-corrected chi connectivity index (χ3v) is 5.02. The molecule has 0 saturated heterocycles. The van der Waals surface area contributed by atoms with Crippen molar-refractivity contribution in [3.63, 3.8) is 0 Å². The fourth-order valence-corrected chi connectivity index (χ4v) is 3.60. The summed E-state index contributed by atoms with van der Waals surface area (Å²) in [5, 5.41) is 25.2. The Morgan fingerprint density at radius 3 is 2.63 bits per heavy atom. The predicted octanol–water partition coefficient (Wildman–Crippen LogP) is 2.43. The maximum Gasteiger partial charge on any atom is 0.312 e. The van der Waals surface area contributed by atoms with Crippen LogP contribution in [0.3, 0.4) is 0 Å². The molecule has 0 amide bonds. The lowest BCUT2D eigenvalue weighted by Crippen LogP contribution is -2.06. The Morgan fingerprint density at radius 1 is 1.10 bits per heavy atom. The van der Waals surface area contributed by atoms with E-state index in [1.807, 2.05) is 30.3 Å². The Balaban J connectivity index is 1.47. The molecule has 0 aliphatic carbocycles. The molecule has 0 bridgehead atoms. The average Bonchev–Trinajstić information content (AvgIpc) is 3.41. The zero-order valence-electron chi connectivity index (χ0n) is 16.3. The Bertz CT molecular complexity index is 1400. The number of rotatable bonds is 5. The van der Waals surface area contributed by atoms with Crippen LogP contribution >= 0.6 is 0 Å². The SMILES string of the molecule is Cc1nn(CCc2nc3c4cnn(-c5ccccc5)c4ncn3n2)c(C)c1[N+](=O)[O-]. The normalized spacial score (nSPS) is 11.5. The standard InChI is InChI=1S/C19H17N9O2/c1-12-17(28(29)30)13(2)25(23-12)9-8-16-22-19-15-10-21-27(14-6-4-3-5-7-14)18(15)20-11-26(19)24-16/h3-7,10-11H,8-9H2,1-2H3. The van der Waals surface area contributed by atoms with Gasteiger partial charge in [0.05, 0.1) is 22.2 Å². The summed E-state index contributed by atoms with van der Waals surface area (Å²) < 4.78 is 5.01. The second kappa shape index (κ2) is 6.72. The van der Waals surface area contributed by atoms with Gasteiger partial charge in [-0.15, -0.1) is 5.10 Å². The fourth-order valence-electron chi connectivity index (χ4n) is 3.60. The van der Waals surface area contributed by atoms with Crippen LogP contribution in [0.25, 0.3) is 22.4 Å². The van der Waals surface area contributed by atoms with Crippen LogP contribution in [0, 0.1) is 24.0 Å². The Morgan fingerprint density at radius 2 is 1.90 bits per heavy atom. The molecule has 0 saturated carbocycles. The van der Waals surface area contributed by atoms with Crippen LogP contribution in [0.1, 0.15) is 17.2 Å². The van der Waals surface area contributed by atoms with Crippen LogP contribution in [0.5, 0.6) is 0 Å². The van der Waals surface area contributed by atoms with Gasteiger partial charge in [0.1, 0.15) is 17.7 Å². The highest BCUT2D eigenvalue weighted by Gasteiger charge is 2.22. The summed E-state index contributed by atoms with van der Waals surface area (Å²) in [5.41, 5.74) is 3.25. The molecule has 5 aromatic rings. The molecule has 0 N–H and O–H groups in total. The second-order valence-electron chi connectivity index (χ2n) is 6.92. The Kier molecular flexibility index (Phi) is 4.02. The van der Waals surface area contributed by atoms with Crippen molar-refractivity contribution in [1.82, 2.24) is 39.1 Å². The van der Waals surface area contributed by atoms with Crippen molar-refractivity contribution < 1.29 is 4.92 Å². The predicted molar refractivity (Wildman–Crippen MR) is 107 cm³/mol. The average molecular weight is 403 g/mol. The smallest absolute Gasteiger partial charge is 0.262 e. The zero-order chi connectivity index (χ0) is 20.8. The first-order valence-electron chi connectivity index (χ1n) is 9.34. The molecule has 0 atom stereocenters. The number of aromatic nitrogens is 8. The van der Waals surface area contributed by atoms with E-state index < -0.39 is 4.92 Å². The summed E-state index contributed by atoms with van der Waals surface area (Å²) in [7, 11) is 0. The van der Waals surface area contributed by atoms with E-state index in [9.17, 15) is 10.1 Å². The van der Waals surface area contributed by atoms with Gasteiger partial charge in [0.15, 0.2) is 17.1 Å². The number of para-hydroxylation sites is 1. The highest BCUT2D eigenvalue weighted by molar-refractivity contribution is 5.89. The molecule has 0 unspecified atom stereocenters. The van der Waals surface area contributed by atoms with Crippen molar-refractivity contribution in [3.05, 3.63) is 70.2 Å². The van der Waals surface area contributed by atoms with Crippen molar-refractivity contribution in [2.75, 3.05) is 0 Å². The van der Waals surface area contributed by atoms with Gasteiger partial charge >= 0.3 is 5.69 Å². The molecule has 0 fully saturated rings. The molecule has 4 heterocycles. The van der Waals surface area contributed by atoms with Crippen molar-refractivity contribution in [2.45, 2.75) is 26.8 Å². The molecular weight excluding hydrogens is 386 g/mol. The van der Waals surface area contributed by atoms with E-state index in [4.69, 9.17) is 0 Å². The lowest BCUT2D eigenvalue weighted by molar-refractivity contribution is -0.386. The molecule has 30 heavy (non-hydrogen) atoms. The van der Waals surface area contributed by atoms with Crippen molar-refractivity contribution >= 4 is 22.4 Å². The van der Waals surface area contributed by atoms with Crippen LogP contribution in [0.4, 0.5) is 5.69 Å². The van der Waals surface area contributed by atoms with E-state index in [0.29, 0.717) is 41.5 Å². The highest BCUT2D eigenvalue weighted by atomic mass is 16.6. The number of nitrogens with zero attached hydrogens (tertiary/aromatic N) is 9. The molecule has 11 nitrogen and oxygen atoms in total. The van der Waals surface area contributed by atoms with E-state index in [0.717, 1.165) is 11.1 Å². The van der Waals surface area contributed by atoms with Crippen molar-refractivity contribution in [1.29, 1.82) is 0 Å². The minimum absolute atomic E-state index is 0.0530. The second-order valence-corrected chi connectivity index (χ2v) is 6.92. The van der Waals surface area contributed by atoms with Crippen LogP contribution in [-0.4, -0.2) is 44.1 Å². The largest absolute Gasteiger partial charge is 0.312 e. The van der Waals surface area contributed by atoms with Gasteiger partial charge < -0.3 is 0 Å². The summed E-state index contributed by atoms with van der Waals surface area (Å²) in [5.74, 6) is 0.604. The summed E-state index contributed by atoms with van der Waals surface area (Å²) in [6.45, 7) is 3.77. The van der Waals surface area contributed by atoms with Gasteiger partial charge in [-0.1, -0.05) is 18.2 Å². The summed E-state index contributed by atoms with van der Waals surface area (Å²) in [6, 6.07) is 9.76. The van der Waals surface area contributed by atoms with Crippen molar-refractivity contribution in [2.24, 2.45) is 0 Å². The van der Waals surface area contributed by atoms with E-state index in [-0.39, 0.29) is 5.69 Å². The van der Waals surface area contributed by atoms with Crippen LogP contribution < -0.4 is 0 Å². The molecule has 0 aliphatic heterocycles. The summed E-state index contributed by atoms with van der Waals surface area (Å²) in [4.78, 5) is 19.9. The van der Waals surface area contributed by atoms with Gasteiger partial charge in [-0.25, -0.2) is 19.2 Å². The Hall–Kier alpha value is -4.15. The highest BCUT2D eigenvalue weighted by Crippen LogP contribution is 2.22. The number of fused-ring (bicyclic) bond motifs is 3. The third-order valence-electron chi connectivity index (χ3n) is 5.02. The minimum atomic E-state index is -0.399. The quantitative estimate of drug-likeness (QED) is 0.326. The van der Waals surface area contributed by atoms with Gasteiger partial charge in [0, 0.05) is 13.0 Å². The van der Waals surface area contributed by atoms with Crippen LogP contribution in [0.15, 0.2) is 42.9 Å². The fraction of sp³-hybridized carbons (Fsp3) is 0.211. The topological polar surface area (TPSA) is 122 Å². The van der Waals surface area contributed by atoms with Gasteiger partial charge in [-0.2, -0.15) is 10.2 Å². The molecule has 11 heteroatoms. The maximum absolute atomic E-state index is 11.2. The van der Waals surface area contributed by atoms with E-state index in [1.165, 1.54) is 0 Å². The molecule has 4 aromatic heterocycles. The number of nitro groups is 1. The first kappa shape index (κ1) is 17.9. The summed E-state index contributed by atoms with van der Waals surface area (Å²) >= 11 is 0. The lowest BCUT2D eigenvalue weighted by atomic mass is 10.3. The van der Waals surface area contributed by atoms with E-state index in [1.54, 1.807) is 40.3 Å². The molecule has 1 aromatic carbocycles. The lowest BCUT2D eigenvalue weighted by Gasteiger charge is -2.01. The first-order valence-corrected chi connectivity index (χ1v) is 9.34. The first-order chi connectivity index (χ1) is 14.5. The molecule has 5 rings (SSSR count). The van der Waals surface area contributed by atoms with Gasteiger partial charge in [0.25, 0.3) is 0 Å². The number of hydrogen-bond donors (Lipinski definition) is 0. The molecular formula is C19H17N9O2. The zero-order valence-corrected chi connectivity index (χ0v) is 16.3. The van der Waals surface area contributed by atoms with E-state index in [2.05, 4.69) is 25.3 Å². The molecule has 0 aliphatic rings. The van der Waals surface area contributed by atoms with Gasteiger partial charge in [0.2, 0.25) is 0 Å². The third kappa shape index (κ3) is 2.79. The monoisotopic (exact) mass is 403 g/mol. The maximum atomic E-state index is 11.2. The van der Waals surface area contributed by atoms with Gasteiger partial charge in [-0.3, -0.25) is 14.8 Å². The van der Waals surface area contributed by atoms with Crippen molar-refractivity contribution in [3.8, 4) is 5.69 Å². The summed E-state index contributed by atoms with van der Waals surface area (Å²) in [6.07, 6.45) is 3.83. The van der Waals surface area contributed by atoms with Crippen LogP contribution in [-0.2, 0) is 13.0 Å². The number of hydrogen-bond acceptors (Lipinski definition) is 7. The molecule has 0 radical (unpaired) electrons. The number of benzene rings is 1. The molecule has 150 valence electrons. The molecule has 0 spiro atoms. The van der Waals surface area contributed by atoms with E-state index >= 15 is 0 Å². The van der Waals surface area contributed by atoms with Crippen LogP contribution in [0.2, 0.25) is 0 Å².